The van der Waals surface area contributed by atoms with Gasteiger partial charge in [-0.25, -0.2) is 4.39 Å². The number of hydrogen-bond donors (Lipinski definition) is 0. The molecule has 0 radical (unpaired) electrons. The van der Waals surface area contributed by atoms with Crippen molar-refractivity contribution in [1.82, 2.24) is 0 Å². The normalized spacial score (nSPS) is 20.6. The van der Waals surface area contributed by atoms with Gasteiger partial charge in [-0.1, -0.05) is 50.2 Å². The monoisotopic (exact) mass is 270 g/mol. The highest BCUT2D eigenvalue weighted by molar-refractivity contribution is 5.86. The summed E-state index contributed by atoms with van der Waals surface area (Å²) in [6.45, 7) is 4.59. The molecule has 0 saturated heterocycles. The fourth-order valence-corrected chi connectivity index (χ4v) is 2.03. The van der Waals surface area contributed by atoms with E-state index in [1.165, 1.54) is 18.6 Å². The maximum absolute atomic E-state index is 13.8. The average molecular weight is 270 g/mol. The van der Waals surface area contributed by atoms with Crippen LogP contribution in [0.3, 0.4) is 0 Å². The number of aldehydes is 1. The van der Waals surface area contributed by atoms with E-state index < -0.39 is 0 Å². The molecule has 3 rings (SSSR count). The summed E-state index contributed by atoms with van der Waals surface area (Å²) in [5.41, 5.74) is 0.431. The third-order valence-electron chi connectivity index (χ3n) is 3.76. The predicted octanol–water partition coefficient (Wildman–Crippen LogP) is 4.85. The minimum absolute atomic E-state index is 0.286. The van der Waals surface area contributed by atoms with Gasteiger partial charge in [-0.2, -0.15) is 0 Å². The third-order valence-corrected chi connectivity index (χ3v) is 3.76. The molecule has 1 nitrogen and oxygen atoms in total. The highest BCUT2D eigenvalue weighted by Crippen LogP contribution is 2.36. The number of allylic oxidation sites excluding steroid dienone is 1. The zero-order valence-electron chi connectivity index (χ0n) is 11.8. The van der Waals surface area contributed by atoms with Crippen molar-refractivity contribution in [3.8, 4) is 0 Å². The van der Waals surface area contributed by atoms with E-state index >= 15 is 0 Å². The minimum Gasteiger partial charge on any atom is -0.299 e. The van der Waals surface area contributed by atoms with Gasteiger partial charge in [0, 0.05) is 10.9 Å². The molecule has 1 aliphatic rings. The van der Waals surface area contributed by atoms with E-state index in [0.717, 1.165) is 17.2 Å². The van der Waals surface area contributed by atoms with Crippen molar-refractivity contribution in [2.45, 2.75) is 20.3 Å². The molecule has 20 heavy (non-hydrogen) atoms. The van der Waals surface area contributed by atoms with E-state index in [1.54, 1.807) is 18.2 Å². The van der Waals surface area contributed by atoms with Crippen LogP contribution in [0.5, 0.6) is 0 Å². The Hall–Kier alpha value is -1.96. The van der Waals surface area contributed by atoms with Crippen molar-refractivity contribution in [3.63, 3.8) is 0 Å². The maximum atomic E-state index is 13.8. The molecule has 0 amide bonds. The van der Waals surface area contributed by atoms with Crippen molar-refractivity contribution in [2.75, 3.05) is 0 Å². The first-order chi connectivity index (χ1) is 9.63. The third kappa shape index (κ3) is 3.53. The zero-order chi connectivity index (χ0) is 14.5. The van der Waals surface area contributed by atoms with Crippen LogP contribution in [0.25, 0.3) is 16.8 Å². The Morgan fingerprint density at radius 3 is 2.35 bits per heavy atom. The Morgan fingerprint density at radius 1 is 1.10 bits per heavy atom. The van der Waals surface area contributed by atoms with Gasteiger partial charge in [-0.3, -0.25) is 4.79 Å². The maximum Gasteiger partial charge on any atom is 0.142 e. The molecule has 2 heteroatoms. The Kier molecular flexibility index (Phi) is 4.67. The molecule has 0 spiro atoms. The van der Waals surface area contributed by atoms with Crippen LogP contribution in [-0.2, 0) is 4.79 Å². The van der Waals surface area contributed by atoms with Gasteiger partial charge in [0.25, 0.3) is 0 Å². The summed E-state index contributed by atoms with van der Waals surface area (Å²) in [7, 11) is 0. The SMILES string of the molecule is CC1CC1C.O=C/C=C/c1ccc2ccccc2c1F. The van der Waals surface area contributed by atoms with Crippen LogP contribution in [0.4, 0.5) is 4.39 Å². The second kappa shape index (κ2) is 6.47. The molecule has 2 aromatic carbocycles. The molecule has 1 saturated carbocycles. The first kappa shape index (κ1) is 14.4. The van der Waals surface area contributed by atoms with Gasteiger partial charge in [-0.15, -0.1) is 0 Å². The van der Waals surface area contributed by atoms with E-state index in [-0.39, 0.29) is 5.82 Å². The summed E-state index contributed by atoms with van der Waals surface area (Å²) in [4.78, 5) is 10.1. The lowest BCUT2D eigenvalue weighted by molar-refractivity contribution is -0.104. The zero-order valence-corrected chi connectivity index (χ0v) is 11.8. The Morgan fingerprint density at radius 2 is 1.75 bits per heavy atom. The van der Waals surface area contributed by atoms with Crippen LogP contribution < -0.4 is 0 Å². The van der Waals surface area contributed by atoms with Crippen molar-refractivity contribution < 1.29 is 9.18 Å². The molecular formula is C18H19FO. The average Bonchev–Trinajstić information content (AvgIpc) is 3.12. The Labute approximate surface area is 119 Å². The smallest absolute Gasteiger partial charge is 0.142 e. The molecule has 2 atom stereocenters. The Balaban J connectivity index is 0.000000247. The van der Waals surface area contributed by atoms with Crippen LogP contribution in [0, 0.1) is 17.7 Å². The van der Waals surface area contributed by atoms with Gasteiger partial charge in [0.1, 0.15) is 12.1 Å². The second-order valence-electron chi connectivity index (χ2n) is 5.38. The molecule has 1 aliphatic carbocycles. The van der Waals surface area contributed by atoms with Crippen LogP contribution in [0.15, 0.2) is 42.5 Å². The molecule has 0 heterocycles. The molecular weight excluding hydrogens is 251 g/mol. The number of benzene rings is 2. The summed E-state index contributed by atoms with van der Waals surface area (Å²) in [5.74, 6) is 1.82. The largest absolute Gasteiger partial charge is 0.299 e. The highest BCUT2D eigenvalue weighted by atomic mass is 19.1. The molecule has 2 aromatic rings. The predicted molar refractivity (Wildman–Crippen MR) is 81.9 cm³/mol. The number of carbonyl (C=O) groups excluding carboxylic acids is 1. The minimum atomic E-state index is -0.286. The molecule has 2 unspecified atom stereocenters. The summed E-state index contributed by atoms with van der Waals surface area (Å²) in [5, 5.41) is 1.43. The van der Waals surface area contributed by atoms with Crippen molar-refractivity contribution in [3.05, 3.63) is 53.9 Å². The number of hydrogen-bond acceptors (Lipinski definition) is 1. The van der Waals surface area contributed by atoms with E-state index in [4.69, 9.17) is 0 Å². The number of rotatable bonds is 2. The van der Waals surface area contributed by atoms with Gasteiger partial charge in [0.2, 0.25) is 0 Å². The molecule has 0 bridgehead atoms. The van der Waals surface area contributed by atoms with Crippen LogP contribution in [-0.4, -0.2) is 6.29 Å². The van der Waals surface area contributed by atoms with E-state index in [9.17, 15) is 9.18 Å². The van der Waals surface area contributed by atoms with Crippen molar-refractivity contribution in [2.24, 2.45) is 11.8 Å². The van der Waals surface area contributed by atoms with Crippen LogP contribution >= 0.6 is 0 Å². The van der Waals surface area contributed by atoms with Gasteiger partial charge < -0.3 is 0 Å². The molecule has 0 aromatic heterocycles. The van der Waals surface area contributed by atoms with Gasteiger partial charge in [-0.05, 0) is 35.8 Å². The molecule has 1 fully saturated rings. The highest BCUT2D eigenvalue weighted by Gasteiger charge is 2.26. The topological polar surface area (TPSA) is 17.1 Å². The second-order valence-corrected chi connectivity index (χ2v) is 5.38. The summed E-state index contributed by atoms with van der Waals surface area (Å²) < 4.78 is 13.8. The standard InChI is InChI=1S/C13H9FO.C5H10/c14-13-11(5-3-9-15)8-7-10-4-1-2-6-12(10)13;1-4-3-5(4)2/h1-9H;4-5H,3H2,1-2H3/b5-3+;. The summed E-state index contributed by atoms with van der Waals surface area (Å²) >= 11 is 0. The lowest BCUT2D eigenvalue weighted by atomic mass is 10.1. The summed E-state index contributed by atoms with van der Waals surface area (Å²) in [6.07, 6.45) is 4.86. The van der Waals surface area contributed by atoms with Crippen LogP contribution in [0.2, 0.25) is 0 Å². The van der Waals surface area contributed by atoms with Gasteiger partial charge in [0.05, 0.1) is 0 Å². The van der Waals surface area contributed by atoms with Crippen molar-refractivity contribution in [1.29, 1.82) is 0 Å². The quantitative estimate of drug-likeness (QED) is 0.563. The van der Waals surface area contributed by atoms with Gasteiger partial charge >= 0.3 is 0 Å². The van der Waals surface area contributed by atoms with E-state index in [0.29, 0.717) is 17.2 Å². The van der Waals surface area contributed by atoms with E-state index in [1.807, 2.05) is 18.2 Å². The van der Waals surface area contributed by atoms with Crippen molar-refractivity contribution >= 4 is 23.1 Å². The number of fused-ring (bicyclic) bond motifs is 1. The van der Waals surface area contributed by atoms with Crippen LogP contribution in [0.1, 0.15) is 25.8 Å². The molecule has 0 N–H and O–H groups in total. The fourth-order valence-electron chi connectivity index (χ4n) is 2.03. The Bertz CT molecular complexity index is 624. The fraction of sp³-hybridized carbons (Fsp3) is 0.278. The summed E-state index contributed by atoms with van der Waals surface area (Å²) in [6, 6.07) is 10.7. The van der Waals surface area contributed by atoms with Gasteiger partial charge in [0.15, 0.2) is 0 Å². The molecule has 104 valence electrons. The lowest BCUT2D eigenvalue weighted by Crippen LogP contribution is -1.84. The molecule has 0 aliphatic heterocycles. The number of halogens is 1. The first-order valence-corrected chi connectivity index (χ1v) is 6.92. The first-order valence-electron chi connectivity index (χ1n) is 6.92. The number of carbonyl (C=O) groups is 1. The lowest BCUT2D eigenvalue weighted by Gasteiger charge is -2.01. The van der Waals surface area contributed by atoms with E-state index in [2.05, 4.69) is 13.8 Å².